The molecule has 0 saturated carbocycles. The fourth-order valence-electron chi connectivity index (χ4n) is 2.83. The van der Waals surface area contributed by atoms with Crippen LogP contribution in [0, 0.1) is 0 Å². The lowest BCUT2D eigenvalue weighted by molar-refractivity contribution is 0.115. The van der Waals surface area contributed by atoms with Crippen LogP contribution < -0.4 is 0 Å². The van der Waals surface area contributed by atoms with Gasteiger partial charge >= 0.3 is 0 Å². The minimum atomic E-state index is 0. The van der Waals surface area contributed by atoms with Crippen molar-refractivity contribution in [1.82, 2.24) is 0 Å². The first-order chi connectivity index (χ1) is 13.9. The summed E-state index contributed by atoms with van der Waals surface area (Å²) in [6.07, 6.45) is 28.1. The minimum Gasteiger partial charge on any atom is -0.494 e. The van der Waals surface area contributed by atoms with Crippen LogP contribution in [-0.2, 0) is 18.9 Å². The Hall–Kier alpha value is -2.92. The predicted octanol–water partition coefficient (Wildman–Crippen LogP) is 4.59. The van der Waals surface area contributed by atoms with Gasteiger partial charge in [0.15, 0.2) is 0 Å². The predicted molar refractivity (Wildman–Crippen MR) is 115 cm³/mol. The second kappa shape index (κ2) is 13.3. The molecule has 0 aliphatic heterocycles. The highest BCUT2D eigenvalue weighted by atomic mass is 16.5. The molecule has 4 rings (SSSR count). The Morgan fingerprint density at radius 2 is 0.690 bits per heavy atom. The van der Waals surface area contributed by atoms with E-state index >= 15 is 0 Å². The van der Waals surface area contributed by atoms with Gasteiger partial charge in [-0.2, -0.15) is 0 Å². The molecule has 0 radical (unpaired) electrons. The van der Waals surface area contributed by atoms with E-state index in [1.807, 2.05) is 48.6 Å². The third-order valence-electron chi connectivity index (χ3n) is 4.27. The van der Waals surface area contributed by atoms with Crippen LogP contribution in [-0.4, -0.2) is 31.9 Å². The van der Waals surface area contributed by atoms with Gasteiger partial charge in [-0.15, -0.1) is 0 Å². The van der Waals surface area contributed by atoms with E-state index in [0.29, 0.717) is 26.4 Å². The molecule has 0 fully saturated rings. The summed E-state index contributed by atoms with van der Waals surface area (Å²) in [5.41, 5.74) is 0. The lowest BCUT2D eigenvalue weighted by Crippen LogP contribution is -2.02. The van der Waals surface area contributed by atoms with Crippen molar-refractivity contribution in [2.24, 2.45) is 0 Å². The zero-order valence-electron chi connectivity index (χ0n) is 16.7. The van der Waals surface area contributed by atoms with Crippen molar-refractivity contribution in [3.05, 3.63) is 95.9 Å². The molecule has 0 spiro atoms. The summed E-state index contributed by atoms with van der Waals surface area (Å²) in [5.74, 6) is 4.14. The van der Waals surface area contributed by atoms with Crippen molar-refractivity contribution in [2.45, 2.75) is 25.7 Å². The zero-order chi connectivity index (χ0) is 19.3. The molecule has 0 aromatic heterocycles. The van der Waals surface area contributed by atoms with Gasteiger partial charge in [-0.1, -0.05) is 48.6 Å². The molecular weight excluding hydrogens is 368 g/mol. The second-order valence-corrected chi connectivity index (χ2v) is 6.45. The fraction of sp³-hybridized carbons (Fsp3) is 0.333. The Morgan fingerprint density at radius 1 is 0.448 bits per heavy atom. The molecule has 5 heteroatoms. The van der Waals surface area contributed by atoms with Gasteiger partial charge in [-0.3, -0.25) is 0 Å². The number of allylic oxidation sites excluding steroid dienone is 12. The normalized spacial score (nSPS) is 17.7. The van der Waals surface area contributed by atoms with Crippen LogP contribution in [0.4, 0.5) is 0 Å². The Labute approximate surface area is 173 Å². The summed E-state index contributed by atoms with van der Waals surface area (Å²) in [6, 6.07) is 0. The Morgan fingerprint density at radius 3 is 0.862 bits per heavy atom. The van der Waals surface area contributed by atoms with Crippen molar-refractivity contribution >= 4 is 0 Å². The quantitative estimate of drug-likeness (QED) is 0.505. The largest absolute Gasteiger partial charge is 0.494 e. The monoisotopic (exact) mass is 398 g/mol. The molecule has 0 heterocycles. The number of hydrogen-bond donors (Lipinski definition) is 0. The van der Waals surface area contributed by atoms with E-state index in [1.165, 1.54) is 0 Å². The number of rotatable bonds is 10. The number of hydrogen-bond acceptors (Lipinski definition) is 4. The first-order valence-electron chi connectivity index (χ1n) is 9.84. The van der Waals surface area contributed by atoms with Crippen molar-refractivity contribution in [1.29, 1.82) is 0 Å². The van der Waals surface area contributed by atoms with E-state index in [0.717, 1.165) is 48.7 Å². The molecule has 0 atom stereocenters. The SMILES string of the molecule is C1=CCC(OCCOC2=CC=CC2)=C1.C1=CCC(OCCOC2=CC=CC2)=C1.O. The Balaban J connectivity index is 0.000000200. The van der Waals surface area contributed by atoms with Gasteiger partial charge in [0.1, 0.15) is 26.4 Å². The molecule has 0 amide bonds. The molecule has 5 nitrogen and oxygen atoms in total. The van der Waals surface area contributed by atoms with Crippen LogP contribution in [0.2, 0.25) is 0 Å². The van der Waals surface area contributed by atoms with Gasteiger partial charge in [0.25, 0.3) is 0 Å². The second-order valence-electron chi connectivity index (χ2n) is 6.45. The van der Waals surface area contributed by atoms with Crippen LogP contribution in [0.15, 0.2) is 95.9 Å². The molecule has 4 aliphatic rings. The highest BCUT2D eigenvalue weighted by Crippen LogP contribution is 2.14. The maximum Gasteiger partial charge on any atom is 0.122 e. The molecule has 0 unspecified atom stereocenters. The molecule has 4 aliphatic carbocycles. The maximum atomic E-state index is 5.49. The van der Waals surface area contributed by atoms with E-state index < -0.39 is 0 Å². The summed E-state index contributed by atoms with van der Waals surface area (Å²) in [6.45, 7) is 2.52. The zero-order valence-corrected chi connectivity index (χ0v) is 16.7. The molecule has 0 aromatic rings. The topological polar surface area (TPSA) is 68.4 Å². The van der Waals surface area contributed by atoms with Crippen LogP contribution in [0.3, 0.4) is 0 Å². The summed E-state index contributed by atoms with van der Waals surface area (Å²) < 4.78 is 22.0. The van der Waals surface area contributed by atoms with Crippen molar-refractivity contribution in [3.63, 3.8) is 0 Å². The first-order valence-corrected chi connectivity index (χ1v) is 9.84. The fourth-order valence-corrected chi connectivity index (χ4v) is 2.83. The molecule has 0 saturated heterocycles. The Kier molecular flexibility index (Phi) is 10.3. The average molecular weight is 398 g/mol. The smallest absolute Gasteiger partial charge is 0.122 e. The highest BCUT2D eigenvalue weighted by Gasteiger charge is 2.03. The molecule has 2 N–H and O–H groups in total. The van der Waals surface area contributed by atoms with E-state index in [-0.39, 0.29) is 5.48 Å². The highest BCUT2D eigenvalue weighted by molar-refractivity contribution is 5.20. The van der Waals surface area contributed by atoms with Crippen LogP contribution in [0.5, 0.6) is 0 Å². The summed E-state index contributed by atoms with van der Waals surface area (Å²) >= 11 is 0. The summed E-state index contributed by atoms with van der Waals surface area (Å²) in [4.78, 5) is 0. The summed E-state index contributed by atoms with van der Waals surface area (Å²) in [7, 11) is 0. The van der Waals surface area contributed by atoms with Crippen LogP contribution in [0.1, 0.15) is 25.7 Å². The number of ether oxygens (including phenoxy) is 4. The van der Waals surface area contributed by atoms with E-state index in [2.05, 4.69) is 24.3 Å². The Bertz CT molecular complexity index is 619. The molecule has 29 heavy (non-hydrogen) atoms. The molecule has 0 aromatic carbocycles. The van der Waals surface area contributed by atoms with E-state index in [4.69, 9.17) is 18.9 Å². The lowest BCUT2D eigenvalue weighted by atomic mass is 10.4. The van der Waals surface area contributed by atoms with Gasteiger partial charge in [0, 0.05) is 25.7 Å². The summed E-state index contributed by atoms with van der Waals surface area (Å²) in [5, 5.41) is 0. The van der Waals surface area contributed by atoms with Gasteiger partial charge in [0.2, 0.25) is 0 Å². The van der Waals surface area contributed by atoms with Gasteiger partial charge in [0.05, 0.1) is 23.0 Å². The average Bonchev–Trinajstić information content (AvgIpc) is 3.51. The standard InChI is InChI=1S/2C12H14O2.H2O/c2*1-2-6-11(5-1)13-9-10-14-12-7-3-4-8-12;/h2*1-5,7H,6,8-10H2;1H2. The van der Waals surface area contributed by atoms with Gasteiger partial charge < -0.3 is 24.4 Å². The van der Waals surface area contributed by atoms with Gasteiger partial charge in [-0.05, 0) is 24.3 Å². The van der Waals surface area contributed by atoms with E-state index in [1.54, 1.807) is 0 Å². The minimum absolute atomic E-state index is 0. The van der Waals surface area contributed by atoms with Crippen molar-refractivity contribution in [2.75, 3.05) is 26.4 Å². The van der Waals surface area contributed by atoms with E-state index in [9.17, 15) is 0 Å². The molecular formula is C24H30O5. The lowest BCUT2D eigenvalue weighted by Gasteiger charge is -2.08. The third-order valence-corrected chi connectivity index (χ3v) is 4.27. The first kappa shape index (κ1) is 22.4. The van der Waals surface area contributed by atoms with Crippen LogP contribution >= 0.6 is 0 Å². The van der Waals surface area contributed by atoms with Crippen molar-refractivity contribution < 1.29 is 24.4 Å². The third kappa shape index (κ3) is 8.75. The molecule has 0 bridgehead atoms. The van der Waals surface area contributed by atoms with Gasteiger partial charge in [-0.25, -0.2) is 0 Å². The maximum absolute atomic E-state index is 5.49. The van der Waals surface area contributed by atoms with Crippen molar-refractivity contribution in [3.8, 4) is 0 Å². The van der Waals surface area contributed by atoms with Crippen LogP contribution in [0.25, 0.3) is 0 Å². The molecule has 156 valence electrons.